The van der Waals surface area contributed by atoms with Gasteiger partial charge in [0.05, 0.1) is 0 Å². The minimum atomic E-state index is 0.00387. The summed E-state index contributed by atoms with van der Waals surface area (Å²) >= 11 is 1.35. The van der Waals surface area contributed by atoms with Gasteiger partial charge in [0.2, 0.25) is 0 Å². The van der Waals surface area contributed by atoms with Gasteiger partial charge < -0.3 is 23.5 Å². The second kappa shape index (κ2) is 23.8. The van der Waals surface area contributed by atoms with Gasteiger partial charge in [0, 0.05) is 0 Å². The normalized spacial score (nSPS) is 10.4. The minimum Gasteiger partial charge on any atom is -0.332 e. The van der Waals surface area contributed by atoms with Crippen molar-refractivity contribution in [1.82, 2.24) is 0 Å². The Balaban J connectivity index is -0.000000140. The topological polar surface area (TPSA) is 40.6 Å². The maximum absolute atomic E-state index is 4.29. The molecule has 0 aromatic heterocycles. The molecule has 0 radical (unpaired) electrons. The van der Waals surface area contributed by atoms with Crippen molar-refractivity contribution in [2.75, 3.05) is 6.54 Å². The predicted octanol–water partition coefficient (Wildman–Crippen LogP) is 8.17. The molecule has 154 valence electrons. The van der Waals surface area contributed by atoms with E-state index in [1.807, 2.05) is 0 Å². The maximum atomic E-state index is 4.29. The van der Waals surface area contributed by atoms with Gasteiger partial charge in [0.1, 0.15) is 0 Å². The number of nitrogens with zero attached hydrogens (tertiary/aromatic N) is 3. The molecule has 0 fully saturated rings. The molecule has 3 nitrogen and oxygen atoms in total. The van der Waals surface area contributed by atoms with Crippen molar-refractivity contribution in [3.63, 3.8) is 0 Å². The van der Waals surface area contributed by atoms with Crippen molar-refractivity contribution < 1.29 is 19.6 Å². The summed E-state index contributed by atoms with van der Waals surface area (Å²) < 4.78 is 3.94. The summed E-state index contributed by atoms with van der Waals surface area (Å²) in [5.74, 6) is 0. The van der Waals surface area contributed by atoms with Crippen molar-refractivity contribution >= 4 is 0 Å². The van der Waals surface area contributed by atoms with Crippen LogP contribution < -0.4 is 0 Å². The first-order valence-corrected chi connectivity index (χ1v) is 10.7. The SMILES string of the molecule is CC(C)(C)[N-]/C=C\[N-]C(C)(C)C.CCC[N]=[W].C[CH-]CC.C[CH-]CC. The molecule has 0 atom stereocenters. The van der Waals surface area contributed by atoms with Gasteiger partial charge in [-0.05, 0) is 0 Å². The number of rotatable bonds is 6. The van der Waals surface area contributed by atoms with E-state index in [-0.39, 0.29) is 11.1 Å². The summed E-state index contributed by atoms with van der Waals surface area (Å²) in [7, 11) is 0. The molecule has 0 saturated heterocycles. The monoisotopic (exact) mass is 523 g/mol. The van der Waals surface area contributed by atoms with Crippen LogP contribution in [-0.2, 0) is 19.6 Å². The van der Waals surface area contributed by atoms with Gasteiger partial charge in [0.15, 0.2) is 0 Å². The zero-order valence-corrected chi connectivity index (χ0v) is 21.8. The molecule has 0 aromatic carbocycles. The van der Waals surface area contributed by atoms with E-state index in [4.69, 9.17) is 0 Å². The van der Waals surface area contributed by atoms with Crippen LogP contribution in [0.4, 0.5) is 0 Å². The van der Waals surface area contributed by atoms with E-state index in [9.17, 15) is 0 Å². The van der Waals surface area contributed by atoms with Crippen LogP contribution in [0.2, 0.25) is 0 Å². The average Bonchev–Trinajstić information content (AvgIpc) is 2.52. The molecule has 0 heterocycles. The third-order valence-electron chi connectivity index (χ3n) is 2.12. The third-order valence-corrected chi connectivity index (χ3v) is 2.78. The van der Waals surface area contributed by atoms with Gasteiger partial charge in [-0.15, -0.1) is 11.1 Å². The van der Waals surface area contributed by atoms with Crippen LogP contribution in [0, 0.1) is 12.8 Å². The molecule has 0 rings (SSSR count). The van der Waals surface area contributed by atoms with Crippen molar-refractivity contribution in [2.24, 2.45) is 3.50 Å². The molecule has 0 N–H and O–H groups in total. The quantitative estimate of drug-likeness (QED) is 0.315. The molecule has 0 unspecified atom stereocenters. The maximum Gasteiger partial charge on any atom is -0.0925 e. The van der Waals surface area contributed by atoms with Gasteiger partial charge in [-0.25, -0.2) is 12.4 Å². The fourth-order valence-corrected chi connectivity index (χ4v) is 1.26. The van der Waals surface area contributed by atoms with E-state index >= 15 is 0 Å². The summed E-state index contributed by atoms with van der Waals surface area (Å²) in [6, 6.07) is 0. The average molecular weight is 523 g/mol. The van der Waals surface area contributed by atoms with Crippen LogP contribution >= 0.6 is 0 Å². The second-order valence-corrected chi connectivity index (χ2v) is 8.31. The summed E-state index contributed by atoms with van der Waals surface area (Å²) in [6.07, 6.45) is 11.4. The molecular formula is C21H45N3W-4. The van der Waals surface area contributed by atoms with E-state index in [0.29, 0.717) is 0 Å². The van der Waals surface area contributed by atoms with Crippen LogP contribution in [0.3, 0.4) is 0 Å². The van der Waals surface area contributed by atoms with E-state index in [1.165, 1.54) is 38.9 Å². The molecule has 0 aliphatic rings. The van der Waals surface area contributed by atoms with Crippen LogP contribution in [0.25, 0.3) is 10.6 Å². The van der Waals surface area contributed by atoms with Crippen LogP contribution in [0.5, 0.6) is 0 Å². The summed E-state index contributed by atoms with van der Waals surface area (Å²) in [6.45, 7) is 23.9. The third kappa shape index (κ3) is 69.0. The minimum absolute atomic E-state index is 0.00387. The molecule has 0 aliphatic heterocycles. The van der Waals surface area contributed by atoms with E-state index in [2.05, 4.69) is 103 Å². The van der Waals surface area contributed by atoms with Gasteiger partial charge in [0.25, 0.3) is 0 Å². The fraction of sp³-hybridized carbons (Fsp3) is 0.810. The molecule has 0 bridgehead atoms. The Morgan fingerprint density at radius 1 is 0.800 bits per heavy atom. The first-order chi connectivity index (χ1) is 11.4. The molecular weight excluding hydrogens is 478 g/mol. The molecule has 0 aliphatic carbocycles. The van der Waals surface area contributed by atoms with Crippen molar-refractivity contribution in [2.45, 2.75) is 107 Å². The van der Waals surface area contributed by atoms with Gasteiger partial charge in [-0.1, -0.05) is 55.4 Å². The molecule has 0 saturated carbocycles. The Kier molecular flexibility index (Phi) is 31.0. The van der Waals surface area contributed by atoms with Crippen LogP contribution in [0.1, 0.15) is 95.4 Å². The zero-order valence-electron chi connectivity index (χ0n) is 18.9. The Labute approximate surface area is 172 Å². The molecule has 0 spiro atoms. The van der Waals surface area contributed by atoms with Crippen LogP contribution in [0.15, 0.2) is 15.9 Å². The number of hydrogen-bond acceptors (Lipinski definition) is 1. The van der Waals surface area contributed by atoms with E-state index < -0.39 is 0 Å². The number of unbranched alkanes of at least 4 members (excludes halogenated alkanes) is 2. The molecule has 4 heteroatoms. The van der Waals surface area contributed by atoms with Gasteiger partial charge in [-0.2, -0.15) is 26.7 Å². The zero-order chi connectivity index (χ0) is 20.8. The van der Waals surface area contributed by atoms with E-state index in [0.717, 1.165) is 6.54 Å². The number of hydrogen-bond donors (Lipinski definition) is 0. The Bertz CT molecular complexity index is 237. The van der Waals surface area contributed by atoms with E-state index in [1.54, 1.807) is 12.4 Å². The predicted molar refractivity (Wildman–Crippen MR) is 113 cm³/mol. The van der Waals surface area contributed by atoms with Crippen molar-refractivity contribution in [3.8, 4) is 0 Å². The first kappa shape index (κ1) is 32.5. The first-order valence-electron chi connectivity index (χ1n) is 9.39. The van der Waals surface area contributed by atoms with Gasteiger partial charge in [-0.3, -0.25) is 0 Å². The summed E-state index contributed by atoms with van der Waals surface area (Å²) in [4.78, 5) is 0. The molecule has 0 aromatic rings. The van der Waals surface area contributed by atoms with Crippen molar-refractivity contribution in [3.05, 3.63) is 35.9 Å². The Morgan fingerprint density at radius 3 is 1.16 bits per heavy atom. The molecule has 25 heavy (non-hydrogen) atoms. The second-order valence-electron chi connectivity index (χ2n) is 7.38. The summed E-state index contributed by atoms with van der Waals surface area (Å²) in [5, 5.41) is 8.57. The van der Waals surface area contributed by atoms with Crippen LogP contribution in [-0.4, -0.2) is 17.6 Å². The van der Waals surface area contributed by atoms with Gasteiger partial charge >= 0.3 is 43.0 Å². The Hall–Kier alpha value is -0.172. The Morgan fingerprint density at radius 2 is 1.08 bits per heavy atom. The van der Waals surface area contributed by atoms with Crippen molar-refractivity contribution in [1.29, 1.82) is 0 Å². The standard InChI is InChI=1S/C10H20N2.2C4H9.C3H7N.W/c1-9(2,3)11-7-8-12-10(4,5)6;2*1-3-4-2;1-2-3-4;/h7-8H,1-6H3;2*3H,4H2,1-2H3;2-3H2,1H3;/q-2;2*-1;;/b8-7-;;;;. The molecule has 0 amide bonds. The largest absolute Gasteiger partial charge is 0.332 e. The fourth-order valence-electron chi connectivity index (χ4n) is 0.605. The summed E-state index contributed by atoms with van der Waals surface area (Å²) in [5.41, 5.74) is 0.00775. The smallest absolute Gasteiger partial charge is 0.0925 e.